The number of anilines is 1. The first kappa shape index (κ1) is 21.5. The van der Waals surface area contributed by atoms with Gasteiger partial charge in [0.25, 0.3) is 0 Å². The molecule has 2 aromatic carbocycles. The zero-order chi connectivity index (χ0) is 20.5. The fourth-order valence-electron chi connectivity index (χ4n) is 2.64. The Hall–Kier alpha value is -2.80. The van der Waals surface area contributed by atoms with E-state index in [0.29, 0.717) is 34.8 Å². The topological polar surface area (TPSA) is 73.3 Å². The van der Waals surface area contributed by atoms with Gasteiger partial charge in [0.15, 0.2) is 17.5 Å². The summed E-state index contributed by atoms with van der Waals surface area (Å²) >= 11 is 6.29. The highest BCUT2D eigenvalue weighted by Gasteiger charge is 2.14. The maximum atomic E-state index is 6.29. The lowest BCUT2D eigenvalue weighted by molar-refractivity contribution is 0.324. The van der Waals surface area contributed by atoms with Crippen molar-refractivity contribution in [2.75, 3.05) is 47.3 Å². The first-order chi connectivity index (χ1) is 13.6. The number of ether oxygens (including phenoxy) is 4. The quantitative estimate of drug-likeness (QED) is 0.514. The molecule has 7 nitrogen and oxygen atoms in total. The lowest BCUT2D eigenvalue weighted by atomic mass is 10.1. The molecule has 8 heteroatoms. The minimum Gasteiger partial charge on any atom is -0.497 e. The predicted octanol–water partition coefficient (Wildman–Crippen LogP) is 3.60. The number of hydrogen-bond donors (Lipinski definition) is 2. The van der Waals surface area contributed by atoms with Gasteiger partial charge in [0.05, 0.1) is 28.4 Å². The highest BCUT2D eigenvalue weighted by molar-refractivity contribution is 6.31. The Morgan fingerprint density at radius 2 is 1.64 bits per heavy atom. The third-order valence-corrected chi connectivity index (χ3v) is 4.45. The highest BCUT2D eigenvalue weighted by Crippen LogP contribution is 2.39. The molecule has 2 aromatic rings. The van der Waals surface area contributed by atoms with Crippen molar-refractivity contribution >= 4 is 23.2 Å². The van der Waals surface area contributed by atoms with Crippen molar-refractivity contribution in [3.63, 3.8) is 0 Å². The van der Waals surface area contributed by atoms with Gasteiger partial charge in [0, 0.05) is 36.4 Å². The highest BCUT2D eigenvalue weighted by atomic mass is 35.5. The maximum absolute atomic E-state index is 6.29. The van der Waals surface area contributed by atoms with Gasteiger partial charge in [0.2, 0.25) is 5.75 Å². The number of benzene rings is 2. The number of methoxy groups -OCH3 is 4. The number of guanidine groups is 1. The molecule has 0 heterocycles. The smallest absolute Gasteiger partial charge is 0.203 e. The van der Waals surface area contributed by atoms with Crippen molar-refractivity contribution in [1.82, 2.24) is 5.32 Å². The van der Waals surface area contributed by atoms with Crippen LogP contribution in [0.1, 0.15) is 5.56 Å². The molecule has 0 amide bonds. The number of halogens is 1. The molecule has 152 valence electrons. The van der Waals surface area contributed by atoms with E-state index in [-0.39, 0.29) is 0 Å². The molecule has 2 N–H and O–H groups in total. The number of nitrogens with one attached hydrogen (secondary N) is 2. The summed E-state index contributed by atoms with van der Waals surface area (Å²) in [4.78, 5) is 4.25. The Labute approximate surface area is 170 Å². The van der Waals surface area contributed by atoms with Gasteiger partial charge in [0.1, 0.15) is 5.75 Å². The molecule has 0 saturated carbocycles. The number of aliphatic imine (C=N–C) groups is 1. The largest absolute Gasteiger partial charge is 0.497 e. The molecule has 0 fully saturated rings. The van der Waals surface area contributed by atoms with Gasteiger partial charge in [-0.15, -0.1) is 0 Å². The van der Waals surface area contributed by atoms with Crippen LogP contribution < -0.4 is 29.6 Å². The third kappa shape index (κ3) is 5.36. The lowest BCUT2D eigenvalue weighted by Gasteiger charge is -2.16. The minimum atomic E-state index is 0.535. The van der Waals surface area contributed by atoms with E-state index >= 15 is 0 Å². The zero-order valence-electron chi connectivity index (χ0n) is 16.8. The average molecular weight is 408 g/mol. The monoisotopic (exact) mass is 407 g/mol. The molecular formula is C20H26ClN3O4. The molecule has 0 spiro atoms. The van der Waals surface area contributed by atoms with Gasteiger partial charge < -0.3 is 29.6 Å². The second-order valence-corrected chi connectivity index (χ2v) is 6.15. The number of hydrogen-bond acceptors (Lipinski definition) is 5. The van der Waals surface area contributed by atoms with Crippen LogP contribution in [0.25, 0.3) is 0 Å². The maximum Gasteiger partial charge on any atom is 0.203 e. The predicted molar refractivity (Wildman–Crippen MR) is 113 cm³/mol. The van der Waals surface area contributed by atoms with Crippen LogP contribution >= 0.6 is 11.6 Å². The summed E-state index contributed by atoms with van der Waals surface area (Å²) in [6.07, 6.45) is 0.735. The standard InChI is InChI=1S/C20H26ClN3O4/c1-22-20(23-9-8-13-6-7-15(25-2)12-16(13)21)24-14-10-17(26-3)19(28-5)18(11-14)27-4/h6-7,10-12H,8-9H2,1-5H3,(H2,22,23,24). The van der Waals surface area contributed by atoms with E-state index in [9.17, 15) is 0 Å². The summed E-state index contributed by atoms with van der Waals surface area (Å²) in [5.74, 6) is 3.00. The summed E-state index contributed by atoms with van der Waals surface area (Å²) in [6, 6.07) is 9.28. The van der Waals surface area contributed by atoms with E-state index in [2.05, 4.69) is 15.6 Å². The van der Waals surface area contributed by atoms with E-state index in [4.69, 9.17) is 30.5 Å². The molecule has 0 bridgehead atoms. The molecule has 0 aromatic heterocycles. The Kier molecular flexibility index (Phi) is 8.07. The molecule has 28 heavy (non-hydrogen) atoms. The second kappa shape index (κ2) is 10.5. The van der Waals surface area contributed by atoms with Crippen molar-refractivity contribution in [2.45, 2.75) is 6.42 Å². The van der Waals surface area contributed by atoms with E-state index in [1.807, 2.05) is 24.3 Å². The SMILES string of the molecule is CN=C(NCCc1ccc(OC)cc1Cl)Nc1cc(OC)c(OC)c(OC)c1. The van der Waals surface area contributed by atoms with Crippen molar-refractivity contribution in [2.24, 2.45) is 4.99 Å². The summed E-state index contributed by atoms with van der Waals surface area (Å²) < 4.78 is 21.3. The molecule has 0 saturated heterocycles. The van der Waals surface area contributed by atoms with Gasteiger partial charge in [-0.3, -0.25) is 4.99 Å². The molecular weight excluding hydrogens is 382 g/mol. The molecule has 2 rings (SSSR count). The third-order valence-electron chi connectivity index (χ3n) is 4.10. The van der Waals surface area contributed by atoms with Crippen LogP contribution in [-0.2, 0) is 6.42 Å². The van der Waals surface area contributed by atoms with Crippen LogP contribution in [0.2, 0.25) is 5.02 Å². The first-order valence-corrected chi connectivity index (χ1v) is 9.04. The van der Waals surface area contributed by atoms with Gasteiger partial charge in [-0.1, -0.05) is 17.7 Å². The molecule has 0 aliphatic carbocycles. The first-order valence-electron chi connectivity index (χ1n) is 8.66. The number of nitrogens with zero attached hydrogens (tertiary/aromatic N) is 1. The molecule has 0 aliphatic heterocycles. The van der Waals surface area contributed by atoms with Gasteiger partial charge in [-0.05, 0) is 24.1 Å². The lowest BCUT2D eigenvalue weighted by Crippen LogP contribution is -2.32. The van der Waals surface area contributed by atoms with Crippen LogP contribution in [0.5, 0.6) is 23.0 Å². The number of rotatable bonds is 8. The summed E-state index contributed by atoms with van der Waals surface area (Å²) in [5, 5.41) is 7.16. The van der Waals surface area contributed by atoms with Crippen molar-refractivity contribution in [3.8, 4) is 23.0 Å². The molecule has 0 aliphatic rings. The summed E-state index contributed by atoms with van der Waals surface area (Å²) in [6.45, 7) is 0.649. The van der Waals surface area contributed by atoms with Crippen LogP contribution in [0.15, 0.2) is 35.3 Å². The Morgan fingerprint density at radius 1 is 0.964 bits per heavy atom. The second-order valence-electron chi connectivity index (χ2n) is 5.75. The molecule has 0 atom stereocenters. The van der Waals surface area contributed by atoms with E-state index < -0.39 is 0 Å². The van der Waals surface area contributed by atoms with Crippen molar-refractivity contribution in [3.05, 3.63) is 40.9 Å². The Balaban J connectivity index is 2.03. The van der Waals surface area contributed by atoms with Crippen molar-refractivity contribution < 1.29 is 18.9 Å². The van der Waals surface area contributed by atoms with Gasteiger partial charge in [-0.25, -0.2) is 0 Å². The van der Waals surface area contributed by atoms with Crippen LogP contribution in [0.3, 0.4) is 0 Å². The minimum absolute atomic E-state index is 0.535. The average Bonchev–Trinajstić information content (AvgIpc) is 2.72. The fraction of sp³-hybridized carbons (Fsp3) is 0.350. The van der Waals surface area contributed by atoms with Crippen LogP contribution in [-0.4, -0.2) is 48.0 Å². The summed E-state index contributed by atoms with van der Waals surface area (Å²) in [5.41, 5.74) is 1.78. The van der Waals surface area contributed by atoms with E-state index in [1.54, 1.807) is 41.6 Å². The van der Waals surface area contributed by atoms with E-state index in [0.717, 1.165) is 23.4 Å². The normalized spacial score (nSPS) is 11.0. The van der Waals surface area contributed by atoms with Crippen LogP contribution in [0.4, 0.5) is 5.69 Å². The molecule has 0 radical (unpaired) electrons. The van der Waals surface area contributed by atoms with Gasteiger partial charge in [-0.2, -0.15) is 0 Å². The Morgan fingerprint density at radius 3 is 2.14 bits per heavy atom. The van der Waals surface area contributed by atoms with Gasteiger partial charge >= 0.3 is 0 Å². The molecule has 0 unspecified atom stereocenters. The fourth-order valence-corrected chi connectivity index (χ4v) is 2.91. The van der Waals surface area contributed by atoms with Crippen molar-refractivity contribution in [1.29, 1.82) is 0 Å². The van der Waals surface area contributed by atoms with E-state index in [1.165, 1.54) is 0 Å². The zero-order valence-corrected chi connectivity index (χ0v) is 17.5. The Bertz CT molecular complexity index is 802. The summed E-state index contributed by atoms with van der Waals surface area (Å²) in [7, 11) is 8.04. The van der Waals surface area contributed by atoms with Crippen LogP contribution in [0, 0.1) is 0 Å².